The molecule has 1 atom stereocenters. The highest BCUT2D eigenvalue weighted by atomic mass is 16.2. The van der Waals surface area contributed by atoms with Crippen LogP contribution in [0.5, 0.6) is 0 Å². The summed E-state index contributed by atoms with van der Waals surface area (Å²) >= 11 is 0. The van der Waals surface area contributed by atoms with Crippen LogP contribution in [0.25, 0.3) is 10.9 Å². The average Bonchev–Trinajstić information content (AvgIpc) is 2.96. The second-order valence-electron chi connectivity index (χ2n) is 6.30. The zero-order chi connectivity index (χ0) is 15.7. The van der Waals surface area contributed by atoms with E-state index in [-0.39, 0.29) is 11.8 Å². The highest BCUT2D eigenvalue weighted by Gasteiger charge is 2.26. The van der Waals surface area contributed by atoms with E-state index in [2.05, 4.69) is 48.0 Å². The summed E-state index contributed by atoms with van der Waals surface area (Å²) in [4.78, 5) is 20.5. The summed E-state index contributed by atoms with van der Waals surface area (Å²) in [5, 5.41) is 1.19. The third kappa shape index (κ3) is 2.88. The maximum Gasteiger partial charge on any atom is 0.231 e. The van der Waals surface area contributed by atoms with E-state index in [0.29, 0.717) is 0 Å². The molecule has 1 aliphatic rings. The fourth-order valence-corrected chi connectivity index (χ4v) is 3.20. The number of fused-ring (bicyclic) bond motifs is 1. The normalized spacial score (nSPS) is 17.9. The Hall–Kier alpha value is -1.81. The number of carbonyl (C=O) groups is 1. The Morgan fingerprint density at radius 1 is 1.23 bits per heavy atom. The van der Waals surface area contributed by atoms with Gasteiger partial charge in [-0.3, -0.25) is 4.79 Å². The maximum atomic E-state index is 12.7. The molecule has 0 spiro atoms. The maximum absolute atomic E-state index is 12.7. The third-order valence-corrected chi connectivity index (χ3v) is 4.77. The van der Waals surface area contributed by atoms with Crippen molar-refractivity contribution in [1.82, 2.24) is 14.8 Å². The fourth-order valence-electron chi connectivity index (χ4n) is 3.20. The van der Waals surface area contributed by atoms with Gasteiger partial charge in [0.05, 0.1) is 5.92 Å². The average molecular weight is 299 g/mol. The molecule has 3 rings (SSSR count). The van der Waals surface area contributed by atoms with E-state index in [1.165, 1.54) is 10.9 Å². The van der Waals surface area contributed by atoms with Gasteiger partial charge in [-0.05, 0) is 44.0 Å². The van der Waals surface area contributed by atoms with Gasteiger partial charge in [0, 0.05) is 37.4 Å². The number of piperazine rings is 1. The standard InChI is InChI=1S/C18H25N3O/c1-4-20-7-9-21(10-8-20)18(22)14(3)17-12-15-11-13(2)5-6-16(15)19-17/h5-6,11-12,14,19H,4,7-10H2,1-3H3. The number of carbonyl (C=O) groups excluding carboxylic acids is 1. The second kappa shape index (κ2) is 6.13. The molecule has 22 heavy (non-hydrogen) atoms. The highest BCUT2D eigenvalue weighted by Crippen LogP contribution is 2.24. The van der Waals surface area contributed by atoms with E-state index in [1.807, 2.05) is 11.8 Å². The van der Waals surface area contributed by atoms with Gasteiger partial charge < -0.3 is 14.8 Å². The van der Waals surface area contributed by atoms with Crippen LogP contribution in [-0.2, 0) is 4.79 Å². The fraction of sp³-hybridized carbons (Fsp3) is 0.500. The number of likely N-dealkylation sites (N-methyl/N-ethyl adjacent to an activating group) is 1. The number of H-pyrrole nitrogens is 1. The van der Waals surface area contributed by atoms with Crippen molar-refractivity contribution in [2.45, 2.75) is 26.7 Å². The van der Waals surface area contributed by atoms with Crippen LogP contribution in [0.2, 0.25) is 0 Å². The molecule has 1 unspecified atom stereocenters. The van der Waals surface area contributed by atoms with E-state index < -0.39 is 0 Å². The Morgan fingerprint density at radius 2 is 1.95 bits per heavy atom. The third-order valence-electron chi connectivity index (χ3n) is 4.77. The molecule has 1 saturated heterocycles. The van der Waals surface area contributed by atoms with Gasteiger partial charge in [-0.1, -0.05) is 18.6 Å². The Balaban J connectivity index is 1.74. The first-order valence-electron chi connectivity index (χ1n) is 8.19. The molecule has 4 nitrogen and oxygen atoms in total. The van der Waals surface area contributed by atoms with Gasteiger partial charge in [0.1, 0.15) is 0 Å². The Labute approximate surface area is 132 Å². The van der Waals surface area contributed by atoms with Crippen molar-refractivity contribution in [3.8, 4) is 0 Å². The Kier molecular flexibility index (Phi) is 4.21. The van der Waals surface area contributed by atoms with Crippen LogP contribution in [-0.4, -0.2) is 53.4 Å². The van der Waals surface area contributed by atoms with Crippen molar-refractivity contribution < 1.29 is 4.79 Å². The summed E-state index contributed by atoms with van der Waals surface area (Å²) in [5.41, 5.74) is 3.37. The van der Waals surface area contributed by atoms with E-state index in [4.69, 9.17) is 0 Å². The molecule has 1 amide bonds. The molecule has 2 heterocycles. The SMILES string of the molecule is CCN1CCN(C(=O)C(C)c2cc3cc(C)ccc3[nH]2)CC1. The van der Waals surface area contributed by atoms with E-state index in [9.17, 15) is 4.79 Å². The molecule has 1 aromatic carbocycles. The van der Waals surface area contributed by atoms with Gasteiger partial charge in [0.25, 0.3) is 0 Å². The predicted molar refractivity (Wildman–Crippen MR) is 90.1 cm³/mol. The van der Waals surface area contributed by atoms with Crippen LogP contribution >= 0.6 is 0 Å². The molecule has 0 bridgehead atoms. The van der Waals surface area contributed by atoms with Crippen molar-refractivity contribution in [2.24, 2.45) is 0 Å². The molecular weight excluding hydrogens is 274 g/mol. The first-order valence-corrected chi connectivity index (χ1v) is 8.19. The molecule has 1 fully saturated rings. The summed E-state index contributed by atoms with van der Waals surface area (Å²) in [6.07, 6.45) is 0. The number of benzene rings is 1. The Morgan fingerprint density at radius 3 is 2.64 bits per heavy atom. The summed E-state index contributed by atoms with van der Waals surface area (Å²) in [6.45, 7) is 11.0. The molecule has 0 radical (unpaired) electrons. The minimum Gasteiger partial charge on any atom is -0.358 e. The minimum atomic E-state index is -0.110. The molecule has 2 aromatic rings. The van der Waals surface area contributed by atoms with Gasteiger partial charge in [-0.2, -0.15) is 0 Å². The molecule has 0 saturated carbocycles. The number of rotatable bonds is 3. The lowest BCUT2D eigenvalue weighted by Gasteiger charge is -2.35. The lowest BCUT2D eigenvalue weighted by atomic mass is 10.1. The second-order valence-corrected chi connectivity index (χ2v) is 6.30. The number of aromatic amines is 1. The largest absolute Gasteiger partial charge is 0.358 e. The van der Waals surface area contributed by atoms with Crippen molar-refractivity contribution >= 4 is 16.8 Å². The van der Waals surface area contributed by atoms with E-state index in [0.717, 1.165) is 43.9 Å². The van der Waals surface area contributed by atoms with Crippen molar-refractivity contribution in [1.29, 1.82) is 0 Å². The van der Waals surface area contributed by atoms with Crippen LogP contribution in [0.1, 0.15) is 31.0 Å². The summed E-state index contributed by atoms with van der Waals surface area (Å²) in [6, 6.07) is 8.46. The first-order chi connectivity index (χ1) is 10.6. The zero-order valence-corrected chi connectivity index (χ0v) is 13.7. The highest BCUT2D eigenvalue weighted by molar-refractivity contribution is 5.87. The van der Waals surface area contributed by atoms with Crippen LogP contribution in [0, 0.1) is 6.92 Å². The Bertz CT molecular complexity index is 668. The molecular formula is C18H25N3O. The molecule has 0 aliphatic carbocycles. The quantitative estimate of drug-likeness (QED) is 0.946. The smallest absolute Gasteiger partial charge is 0.231 e. The van der Waals surface area contributed by atoms with E-state index in [1.54, 1.807) is 0 Å². The van der Waals surface area contributed by atoms with Crippen LogP contribution in [0.15, 0.2) is 24.3 Å². The van der Waals surface area contributed by atoms with Gasteiger partial charge in [-0.15, -0.1) is 0 Å². The van der Waals surface area contributed by atoms with Crippen molar-refractivity contribution in [3.05, 3.63) is 35.5 Å². The zero-order valence-electron chi connectivity index (χ0n) is 13.7. The number of nitrogens with one attached hydrogen (secondary N) is 1. The van der Waals surface area contributed by atoms with Crippen molar-refractivity contribution in [3.63, 3.8) is 0 Å². The number of nitrogens with zero attached hydrogens (tertiary/aromatic N) is 2. The minimum absolute atomic E-state index is 0.110. The summed E-state index contributed by atoms with van der Waals surface area (Å²) < 4.78 is 0. The summed E-state index contributed by atoms with van der Waals surface area (Å²) in [7, 11) is 0. The van der Waals surface area contributed by atoms with Gasteiger partial charge >= 0.3 is 0 Å². The van der Waals surface area contributed by atoms with Crippen molar-refractivity contribution in [2.75, 3.05) is 32.7 Å². The lowest BCUT2D eigenvalue weighted by molar-refractivity contribution is -0.134. The van der Waals surface area contributed by atoms with Gasteiger partial charge in [-0.25, -0.2) is 0 Å². The number of aromatic nitrogens is 1. The molecule has 1 aromatic heterocycles. The first kappa shape index (κ1) is 15.1. The number of hydrogen-bond donors (Lipinski definition) is 1. The van der Waals surface area contributed by atoms with Crippen LogP contribution < -0.4 is 0 Å². The monoisotopic (exact) mass is 299 g/mol. The molecule has 1 aliphatic heterocycles. The van der Waals surface area contributed by atoms with Crippen LogP contribution in [0.3, 0.4) is 0 Å². The predicted octanol–water partition coefficient (Wildman–Crippen LogP) is 2.74. The molecule has 118 valence electrons. The molecule has 4 heteroatoms. The lowest BCUT2D eigenvalue weighted by Crippen LogP contribution is -2.49. The number of hydrogen-bond acceptors (Lipinski definition) is 2. The molecule has 1 N–H and O–H groups in total. The summed E-state index contributed by atoms with van der Waals surface area (Å²) in [5.74, 6) is 0.125. The van der Waals surface area contributed by atoms with Gasteiger partial charge in [0.2, 0.25) is 5.91 Å². The number of aryl methyl sites for hydroxylation is 1. The number of amides is 1. The van der Waals surface area contributed by atoms with Crippen LogP contribution in [0.4, 0.5) is 0 Å². The van der Waals surface area contributed by atoms with E-state index >= 15 is 0 Å². The topological polar surface area (TPSA) is 39.3 Å². The van der Waals surface area contributed by atoms with Gasteiger partial charge in [0.15, 0.2) is 0 Å².